The third-order valence-electron chi connectivity index (χ3n) is 1.47. The summed E-state index contributed by atoms with van der Waals surface area (Å²) in [6.45, 7) is 0. The minimum atomic E-state index is 0.587. The Hall–Kier alpha value is -1.58. The van der Waals surface area contributed by atoms with Crippen LogP contribution in [-0.4, -0.2) is 21.5 Å². The van der Waals surface area contributed by atoms with E-state index in [9.17, 15) is 0 Å². The molecule has 0 bridgehead atoms. The highest BCUT2D eigenvalue weighted by molar-refractivity contribution is 5.40. The molecule has 0 aliphatic carbocycles. The van der Waals surface area contributed by atoms with Crippen molar-refractivity contribution in [2.75, 3.05) is 7.11 Å². The van der Waals surface area contributed by atoms with Crippen molar-refractivity contribution in [1.82, 2.24) is 14.4 Å². The predicted octanol–water partition coefficient (Wildman–Crippen LogP) is 0.738. The molecule has 2 aromatic rings. The second-order valence-electron chi connectivity index (χ2n) is 2.12. The lowest BCUT2D eigenvalue weighted by Gasteiger charge is -1.96. The van der Waals surface area contributed by atoms with Crippen molar-refractivity contribution in [1.29, 1.82) is 0 Å². The molecule has 0 amide bonds. The summed E-state index contributed by atoms with van der Waals surface area (Å²) in [4.78, 5) is 8.07. The van der Waals surface area contributed by atoms with Crippen LogP contribution in [-0.2, 0) is 0 Å². The van der Waals surface area contributed by atoms with Gasteiger partial charge in [0.15, 0.2) is 0 Å². The van der Waals surface area contributed by atoms with Gasteiger partial charge < -0.3 is 4.74 Å². The molecule has 0 saturated heterocycles. The molecule has 2 aromatic heterocycles. The first kappa shape index (κ1) is 6.15. The first-order valence-corrected chi connectivity index (χ1v) is 3.23. The van der Waals surface area contributed by atoms with Gasteiger partial charge in [0.2, 0.25) is 5.88 Å². The van der Waals surface area contributed by atoms with Gasteiger partial charge in [-0.3, -0.25) is 4.40 Å². The highest BCUT2D eigenvalue weighted by Crippen LogP contribution is 2.07. The highest BCUT2D eigenvalue weighted by Gasteiger charge is 1.95. The van der Waals surface area contributed by atoms with Crippen LogP contribution < -0.4 is 4.74 Å². The molecule has 2 heterocycles. The van der Waals surface area contributed by atoms with E-state index in [1.807, 2.05) is 10.6 Å². The maximum atomic E-state index is 4.93. The molecule has 4 nitrogen and oxygen atoms in total. The summed E-state index contributed by atoms with van der Waals surface area (Å²) >= 11 is 0. The maximum Gasteiger partial charge on any atom is 0.218 e. The minimum Gasteiger partial charge on any atom is -0.481 e. The first-order chi connectivity index (χ1) is 5.40. The lowest BCUT2D eigenvalue weighted by atomic mass is 10.6. The number of imidazole rings is 1. The Morgan fingerprint density at radius 3 is 3.18 bits per heavy atom. The fourth-order valence-electron chi connectivity index (χ4n) is 0.912. The standard InChI is InChI=1S/C7H7N3O/c1-11-7-4-6-8-2-3-10(6)5-9-7/h2-5H,1H3. The van der Waals surface area contributed by atoms with Gasteiger partial charge in [-0.25, -0.2) is 9.97 Å². The Morgan fingerprint density at radius 2 is 2.36 bits per heavy atom. The average Bonchev–Trinajstić information content (AvgIpc) is 2.50. The molecule has 0 N–H and O–H groups in total. The number of rotatable bonds is 1. The van der Waals surface area contributed by atoms with Crippen LogP contribution in [0.1, 0.15) is 0 Å². The van der Waals surface area contributed by atoms with Gasteiger partial charge in [-0.2, -0.15) is 0 Å². The summed E-state index contributed by atoms with van der Waals surface area (Å²) in [6, 6.07) is 1.78. The Morgan fingerprint density at radius 1 is 1.45 bits per heavy atom. The van der Waals surface area contributed by atoms with Crippen molar-refractivity contribution < 1.29 is 4.74 Å². The summed E-state index contributed by atoms with van der Waals surface area (Å²) < 4.78 is 6.75. The number of fused-ring (bicyclic) bond motifs is 1. The van der Waals surface area contributed by atoms with Crippen molar-refractivity contribution in [3.63, 3.8) is 0 Å². The average molecular weight is 149 g/mol. The fourth-order valence-corrected chi connectivity index (χ4v) is 0.912. The van der Waals surface area contributed by atoms with E-state index in [4.69, 9.17) is 4.74 Å². The number of nitrogens with zero attached hydrogens (tertiary/aromatic N) is 3. The summed E-state index contributed by atoms with van der Waals surface area (Å²) in [5.74, 6) is 0.587. The van der Waals surface area contributed by atoms with E-state index in [1.165, 1.54) is 0 Å². The van der Waals surface area contributed by atoms with E-state index in [1.54, 1.807) is 25.7 Å². The maximum absolute atomic E-state index is 4.93. The van der Waals surface area contributed by atoms with E-state index in [-0.39, 0.29) is 0 Å². The van der Waals surface area contributed by atoms with Crippen molar-refractivity contribution in [2.45, 2.75) is 0 Å². The predicted molar refractivity (Wildman–Crippen MR) is 39.5 cm³/mol. The topological polar surface area (TPSA) is 39.4 Å². The molecular formula is C7H7N3O. The molecule has 4 heteroatoms. The SMILES string of the molecule is COc1cc2nccn2cn1. The normalized spacial score (nSPS) is 10.3. The zero-order valence-electron chi connectivity index (χ0n) is 6.06. The van der Waals surface area contributed by atoms with E-state index in [2.05, 4.69) is 9.97 Å². The lowest BCUT2D eigenvalue weighted by molar-refractivity contribution is 0.397. The zero-order chi connectivity index (χ0) is 7.68. The van der Waals surface area contributed by atoms with Crippen LogP contribution in [0.15, 0.2) is 24.8 Å². The molecule has 0 unspecified atom stereocenters. The summed E-state index contributed by atoms with van der Waals surface area (Å²) in [6.07, 6.45) is 5.22. The van der Waals surface area contributed by atoms with Crippen LogP contribution >= 0.6 is 0 Å². The molecule has 56 valence electrons. The molecule has 0 atom stereocenters. The van der Waals surface area contributed by atoms with Gasteiger partial charge in [-0.05, 0) is 0 Å². The number of ether oxygens (including phenoxy) is 1. The monoisotopic (exact) mass is 149 g/mol. The smallest absolute Gasteiger partial charge is 0.218 e. The Bertz CT molecular complexity index is 368. The summed E-state index contributed by atoms with van der Waals surface area (Å²) in [5, 5.41) is 0. The molecule has 0 fully saturated rings. The van der Waals surface area contributed by atoms with Crippen molar-refractivity contribution >= 4 is 5.65 Å². The second kappa shape index (κ2) is 2.23. The van der Waals surface area contributed by atoms with Crippen LogP contribution in [0.25, 0.3) is 5.65 Å². The molecule has 0 radical (unpaired) electrons. The molecule has 0 saturated carbocycles. The Labute approximate surface area is 63.5 Å². The van der Waals surface area contributed by atoms with Crippen LogP contribution in [0.5, 0.6) is 5.88 Å². The van der Waals surface area contributed by atoms with Gasteiger partial charge in [-0.1, -0.05) is 0 Å². The number of methoxy groups -OCH3 is 1. The molecule has 0 aromatic carbocycles. The lowest BCUT2D eigenvalue weighted by Crippen LogP contribution is -1.90. The second-order valence-corrected chi connectivity index (χ2v) is 2.12. The summed E-state index contributed by atoms with van der Waals surface area (Å²) in [5.41, 5.74) is 0.844. The Kier molecular flexibility index (Phi) is 1.25. The zero-order valence-corrected chi connectivity index (χ0v) is 6.06. The minimum absolute atomic E-state index is 0.587. The van der Waals surface area contributed by atoms with Crippen LogP contribution in [0.3, 0.4) is 0 Å². The fraction of sp³-hybridized carbons (Fsp3) is 0.143. The van der Waals surface area contributed by atoms with E-state index in [0.717, 1.165) is 5.65 Å². The molecule has 11 heavy (non-hydrogen) atoms. The highest BCUT2D eigenvalue weighted by atomic mass is 16.5. The van der Waals surface area contributed by atoms with Gasteiger partial charge in [0.05, 0.1) is 7.11 Å². The first-order valence-electron chi connectivity index (χ1n) is 3.23. The number of aromatic nitrogens is 3. The molecule has 2 rings (SSSR count). The van der Waals surface area contributed by atoms with E-state index < -0.39 is 0 Å². The van der Waals surface area contributed by atoms with E-state index >= 15 is 0 Å². The largest absolute Gasteiger partial charge is 0.481 e. The van der Waals surface area contributed by atoms with Gasteiger partial charge in [0.1, 0.15) is 12.0 Å². The van der Waals surface area contributed by atoms with Crippen LogP contribution in [0.4, 0.5) is 0 Å². The van der Waals surface area contributed by atoms with E-state index in [0.29, 0.717) is 5.88 Å². The molecule has 0 spiro atoms. The summed E-state index contributed by atoms with van der Waals surface area (Å²) in [7, 11) is 1.59. The third-order valence-corrected chi connectivity index (χ3v) is 1.47. The number of hydrogen-bond donors (Lipinski definition) is 0. The van der Waals surface area contributed by atoms with Crippen molar-refractivity contribution in [3.8, 4) is 5.88 Å². The van der Waals surface area contributed by atoms with Crippen molar-refractivity contribution in [2.24, 2.45) is 0 Å². The Balaban J connectivity index is 2.67. The van der Waals surface area contributed by atoms with Gasteiger partial charge in [-0.15, -0.1) is 0 Å². The van der Waals surface area contributed by atoms with Gasteiger partial charge in [0.25, 0.3) is 0 Å². The number of hydrogen-bond acceptors (Lipinski definition) is 3. The molecular weight excluding hydrogens is 142 g/mol. The quantitative estimate of drug-likeness (QED) is 0.600. The van der Waals surface area contributed by atoms with Crippen LogP contribution in [0, 0.1) is 0 Å². The third kappa shape index (κ3) is 0.920. The van der Waals surface area contributed by atoms with Crippen molar-refractivity contribution in [3.05, 3.63) is 24.8 Å². The van der Waals surface area contributed by atoms with Gasteiger partial charge in [0, 0.05) is 18.5 Å². The van der Waals surface area contributed by atoms with Gasteiger partial charge >= 0.3 is 0 Å². The molecule has 0 aliphatic heterocycles. The van der Waals surface area contributed by atoms with Crippen LogP contribution in [0.2, 0.25) is 0 Å². The molecule has 0 aliphatic rings.